The molecule has 3 N–H and O–H groups in total. The van der Waals surface area contributed by atoms with Crippen molar-refractivity contribution < 1.29 is 28.2 Å². The Hall–Kier alpha value is -1.64. The zero-order chi connectivity index (χ0) is 17.1. The second-order valence-corrected chi connectivity index (χ2v) is 6.86. The normalized spacial score (nSPS) is 14.3. The minimum atomic E-state index is -4.27. The molecule has 9 heteroatoms. The van der Waals surface area contributed by atoms with Gasteiger partial charge in [0.2, 0.25) is 10.0 Å². The van der Waals surface area contributed by atoms with Crippen LogP contribution < -0.4 is 4.72 Å². The molecule has 1 aromatic rings. The Morgan fingerprint density at radius 2 is 1.91 bits per heavy atom. The van der Waals surface area contributed by atoms with Crippen LogP contribution in [0.15, 0.2) is 23.1 Å². The van der Waals surface area contributed by atoms with Crippen LogP contribution in [0.25, 0.3) is 0 Å². The maximum absolute atomic E-state index is 12.3. The molecule has 0 aromatic heterocycles. The Labute approximate surface area is 133 Å². The van der Waals surface area contributed by atoms with Gasteiger partial charge in [0.1, 0.15) is 10.9 Å². The van der Waals surface area contributed by atoms with Crippen LogP contribution in [0.2, 0.25) is 5.02 Å². The fourth-order valence-electron chi connectivity index (χ4n) is 1.72. The lowest BCUT2D eigenvalue weighted by atomic mass is 10.0. The number of carboxylic acid groups (broad SMARTS) is 2. The van der Waals surface area contributed by atoms with Crippen molar-refractivity contribution in [3.63, 3.8) is 0 Å². The summed E-state index contributed by atoms with van der Waals surface area (Å²) in [7, 11) is -4.27. The molecule has 1 aromatic carbocycles. The van der Waals surface area contributed by atoms with Crippen LogP contribution in [0.5, 0.6) is 0 Å². The predicted octanol–water partition coefficient (Wildman–Crippen LogP) is 1.82. The molecule has 122 valence electrons. The highest BCUT2D eigenvalue weighted by Crippen LogP contribution is 2.24. The maximum atomic E-state index is 12.3. The molecule has 2 atom stereocenters. The van der Waals surface area contributed by atoms with Gasteiger partial charge in [-0.25, -0.2) is 13.2 Å². The maximum Gasteiger partial charge on any atom is 0.335 e. The van der Waals surface area contributed by atoms with Crippen molar-refractivity contribution in [1.82, 2.24) is 4.72 Å². The van der Waals surface area contributed by atoms with Crippen molar-refractivity contribution in [2.75, 3.05) is 0 Å². The van der Waals surface area contributed by atoms with E-state index in [4.69, 9.17) is 21.8 Å². The van der Waals surface area contributed by atoms with E-state index in [1.165, 1.54) is 0 Å². The van der Waals surface area contributed by atoms with E-state index in [9.17, 15) is 18.0 Å². The standard InChI is InChI=1S/C13H16ClNO6S/c1-3-7(2)11(13(18)19)15-22(20,21)10-6-8(12(16)17)4-5-9(10)14/h4-7,11,15H,3H2,1-2H3,(H,16,17)(H,18,19)/t7-,11-/m1/s1. The first-order valence-electron chi connectivity index (χ1n) is 6.38. The molecule has 0 fully saturated rings. The van der Waals surface area contributed by atoms with E-state index >= 15 is 0 Å². The Morgan fingerprint density at radius 3 is 2.36 bits per heavy atom. The number of carboxylic acids is 2. The van der Waals surface area contributed by atoms with Gasteiger partial charge in [-0.3, -0.25) is 4.79 Å². The number of carbonyl (C=O) groups is 2. The number of halogens is 1. The first-order valence-corrected chi connectivity index (χ1v) is 8.24. The third-order valence-corrected chi connectivity index (χ3v) is 5.15. The quantitative estimate of drug-likeness (QED) is 0.690. The minimum Gasteiger partial charge on any atom is -0.480 e. The average Bonchev–Trinajstić information content (AvgIpc) is 2.43. The van der Waals surface area contributed by atoms with Crippen molar-refractivity contribution in [3.05, 3.63) is 28.8 Å². The molecule has 0 aliphatic heterocycles. The first-order chi connectivity index (χ1) is 10.1. The Bertz CT molecular complexity index is 688. The number of benzene rings is 1. The molecule has 7 nitrogen and oxygen atoms in total. The third kappa shape index (κ3) is 4.19. The van der Waals surface area contributed by atoms with Gasteiger partial charge in [-0.05, 0) is 24.1 Å². The van der Waals surface area contributed by atoms with Crippen LogP contribution >= 0.6 is 11.6 Å². The van der Waals surface area contributed by atoms with Gasteiger partial charge in [0, 0.05) is 0 Å². The van der Waals surface area contributed by atoms with Crippen LogP contribution in [0.3, 0.4) is 0 Å². The Morgan fingerprint density at radius 1 is 1.32 bits per heavy atom. The minimum absolute atomic E-state index is 0.189. The molecule has 0 aliphatic carbocycles. The van der Waals surface area contributed by atoms with Crippen molar-refractivity contribution in [2.24, 2.45) is 5.92 Å². The molecule has 0 bridgehead atoms. The molecule has 0 amide bonds. The number of aromatic carboxylic acids is 1. The van der Waals surface area contributed by atoms with Crippen LogP contribution in [0.1, 0.15) is 30.6 Å². The summed E-state index contributed by atoms with van der Waals surface area (Å²) in [6, 6.07) is 1.85. The zero-order valence-corrected chi connectivity index (χ0v) is 13.5. The Kier molecular flexibility index (Phi) is 5.92. The fraction of sp³-hybridized carbons (Fsp3) is 0.385. The lowest BCUT2D eigenvalue weighted by Crippen LogP contribution is -2.45. The SMILES string of the molecule is CC[C@@H](C)[C@@H](NS(=O)(=O)c1cc(C(=O)O)ccc1Cl)C(=O)O. The highest BCUT2D eigenvalue weighted by Gasteiger charge is 2.30. The summed E-state index contributed by atoms with van der Waals surface area (Å²) in [5, 5.41) is 17.9. The second-order valence-electron chi connectivity index (χ2n) is 4.77. The number of rotatable bonds is 7. The number of sulfonamides is 1. The van der Waals surface area contributed by atoms with E-state index in [1.54, 1.807) is 13.8 Å². The Balaban J connectivity index is 3.26. The molecule has 0 heterocycles. The molecule has 0 aliphatic rings. The van der Waals surface area contributed by atoms with Crippen molar-refractivity contribution in [3.8, 4) is 0 Å². The topological polar surface area (TPSA) is 121 Å². The van der Waals surface area contributed by atoms with Gasteiger partial charge in [-0.1, -0.05) is 31.9 Å². The van der Waals surface area contributed by atoms with Crippen LogP contribution in [-0.4, -0.2) is 36.6 Å². The van der Waals surface area contributed by atoms with Crippen molar-refractivity contribution in [1.29, 1.82) is 0 Å². The fourth-order valence-corrected chi connectivity index (χ4v) is 3.54. The van der Waals surface area contributed by atoms with E-state index < -0.39 is 38.8 Å². The van der Waals surface area contributed by atoms with Gasteiger partial charge < -0.3 is 10.2 Å². The van der Waals surface area contributed by atoms with E-state index in [0.717, 1.165) is 18.2 Å². The molecule has 22 heavy (non-hydrogen) atoms. The summed E-state index contributed by atoms with van der Waals surface area (Å²) >= 11 is 5.80. The molecule has 0 unspecified atom stereocenters. The largest absolute Gasteiger partial charge is 0.480 e. The van der Waals surface area contributed by atoms with Gasteiger partial charge >= 0.3 is 11.9 Å². The molecule has 0 saturated carbocycles. The van der Waals surface area contributed by atoms with Crippen LogP contribution in [0, 0.1) is 5.92 Å². The highest BCUT2D eigenvalue weighted by atomic mass is 35.5. The van der Waals surface area contributed by atoms with Gasteiger partial charge in [0.25, 0.3) is 0 Å². The summed E-state index contributed by atoms with van der Waals surface area (Å²) in [6.45, 7) is 3.32. The molecular formula is C13H16ClNO6S. The summed E-state index contributed by atoms with van der Waals surface area (Å²) in [5.41, 5.74) is -0.264. The summed E-state index contributed by atoms with van der Waals surface area (Å²) in [4.78, 5) is 21.7. The second kappa shape index (κ2) is 7.08. The van der Waals surface area contributed by atoms with E-state index in [0.29, 0.717) is 6.42 Å². The van der Waals surface area contributed by atoms with E-state index in [-0.39, 0.29) is 10.6 Å². The van der Waals surface area contributed by atoms with Crippen LogP contribution in [-0.2, 0) is 14.8 Å². The highest BCUT2D eigenvalue weighted by molar-refractivity contribution is 7.89. The average molecular weight is 350 g/mol. The summed E-state index contributed by atoms with van der Waals surface area (Å²) in [6.07, 6.45) is 0.447. The molecule has 0 spiro atoms. The van der Waals surface area contributed by atoms with E-state index in [1.807, 2.05) is 0 Å². The van der Waals surface area contributed by atoms with Gasteiger partial charge in [-0.2, -0.15) is 4.72 Å². The predicted molar refractivity (Wildman–Crippen MR) is 79.6 cm³/mol. The van der Waals surface area contributed by atoms with E-state index in [2.05, 4.69) is 4.72 Å². The lowest BCUT2D eigenvalue weighted by Gasteiger charge is -2.20. The first kappa shape index (κ1) is 18.4. The summed E-state index contributed by atoms with van der Waals surface area (Å²) < 4.78 is 26.7. The lowest BCUT2D eigenvalue weighted by molar-refractivity contribution is -0.140. The zero-order valence-electron chi connectivity index (χ0n) is 11.9. The monoisotopic (exact) mass is 349 g/mol. The van der Waals surface area contributed by atoms with Gasteiger partial charge in [0.05, 0.1) is 10.6 Å². The molecule has 1 rings (SSSR count). The number of hydrogen-bond acceptors (Lipinski definition) is 4. The van der Waals surface area contributed by atoms with Gasteiger partial charge in [-0.15, -0.1) is 0 Å². The number of hydrogen-bond donors (Lipinski definition) is 3. The molecule has 0 saturated heterocycles. The smallest absolute Gasteiger partial charge is 0.335 e. The van der Waals surface area contributed by atoms with Crippen LogP contribution in [0.4, 0.5) is 0 Å². The molecule has 0 radical (unpaired) electrons. The van der Waals surface area contributed by atoms with Gasteiger partial charge in [0.15, 0.2) is 0 Å². The molecular weight excluding hydrogens is 334 g/mol. The van der Waals surface area contributed by atoms with Crippen molar-refractivity contribution >= 4 is 33.6 Å². The number of aliphatic carboxylic acids is 1. The summed E-state index contributed by atoms with van der Waals surface area (Å²) in [5.74, 6) is -3.08. The third-order valence-electron chi connectivity index (χ3n) is 3.23. The van der Waals surface area contributed by atoms with Crippen molar-refractivity contribution in [2.45, 2.75) is 31.2 Å². The number of nitrogens with one attached hydrogen (secondary N) is 1.